The van der Waals surface area contributed by atoms with Crippen molar-refractivity contribution in [2.45, 2.75) is 26.0 Å². The van der Waals surface area contributed by atoms with Crippen molar-refractivity contribution in [3.05, 3.63) is 29.3 Å². The molecule has 0 aliphatic carbocycles. The Bertz CT molecular complexity index is 417. The summed E-state index contributed by atoms with van der Waals surface area (Å²) in [6, 6.07) is 7.81. The summed E-state index contributed by atoms with van der Waals surface area (Å²) in [5, 5.41) is 10.8. The van der Waals surface area contributed by atoms with Gasteiger partial charge in [-0.3, -0.25) is 9.80 Å². The molecule has 118 valence electrons. The molecule has 1 N–H and O–H groups in total. The highest BCUT2D eigenvalue weighted by atomic mass is 35.5. The van der Waals surface area contributed by atoms with Crippen molar-refractivity contribution in [3.63, 3.8) is 0 Å². The minimum atomic E-state index is -0.466. The average Bonchev–Trinajstić information content (AvgIpc) is 2.47. The van der Waals surface area contributed by atoms with Crippen molar-refractivity contribution >= 4 is 11.6 Å². The topological polar surface area (TPSA) is 35.9 Å². The highest BCUT2D eigenvalue weighted by Crippen LogP contribution is 2.15. The first-order valence-corrected chi connectivity index (χ1v) is 7.95. The minimum Gasteiger partial charge on any atom is -0.491 e. The molecule has 1 unspecified atom stereocenters. The van der Waals surface area contributed by atoms with Gasteiger partial charge in [0.2, 0.25) is 0 Å². The van der Waals surface area contributed by atoms with Crippen molar-refractivity contribution in [1.82, 2.24) is 9.80 Å². The molecular formula is C16H25ClN2O2. The predicted molar refractivity (Wildman–Crippen MR) is 86.1 cm³/mol. The molecule has 1 saturated heterocycles. The Kier molecular flexibility index (Phi) is 6.30. The zero-order valence-electron chi connectivity index (χ0n) is 12.8. The first-order valence-electron chi connectivity index (χ1n) is 7.57. The highest BCUT2D eigenvalue weighted by Gasteiger charge is 2.20. The summed E-state index contributed by atoms with van der Waals surface area (Å²) in [6.45, 7) is 9.59. The van der Waals surface area contributed by atoms with E-state index in [4.69, 9.17) is 16.3 Å². The number of β-amino-alcohol motifs (C(OH)–C–C–N with tert-alkyl or cyclic N) is 1. The summed E-state index contributed by atoms with van der Waals surface area (Å²) >= 11 is 5.82. The molecule has 4 nitrogen and oxygen atoms in total. The fraction of sp³-hybridized carbons (Fsp3) is 0.625. The molecule has 0 bridgehead atoms. The SMILES string of the molecule is CC(C)N1CCN(CC(O)COc2ccc(Cl)cc2)CC1. The minimum absolute atomic E-state index is 0.312. The zero-order valence-corrected chi connectivity index (χ0v) is 13.6. The average molecular weight is 313 g/mol. The van der Waals surface area contributed by atoms with Gasteiger partial charge < -0.3 is 9.84 Å². The van der Waals surface area contributed by atoms with Crippen molar-refractivity contribution < 1.29 is 9.84 Å². The Labute approximate surface area is 132 Å². The van der Waals surface area contributed by atoms with Crippen LogP contribution in [0, 0.1) is 0 Å². The van der Waals surface area contributed by atoms with E-state index in [0.29, 0.717) is 24.2 Å². The number of aliphatic hydroxyl groups excluding tert-OH is 1. The smallest absolute Gasteiger partial charge is 0.119 e. The quantitative estimate of drug-likeness (QED) is 0.873. The molecule has 0 spiro atoms. The Hall–Kier alpha value is -0.810. The van der Waals surface area contributed by atoms with E-state index in [0.717, 1.165) is 31.9 Å². The lowest BCUT2D eigenvalue weighted by Gasteiger charge is -2.37. The number of piperazine rings is 1. The number of hydrogen-bond donors (Lipinski definition) is 1. The fourth-order valence-electron chi connectivity index (χ4n) is 2.54. The highest BCUT2D eigenvalue weighted by molar-refractivity contribution is 6.30. The summed E-state index contributed by atoms with van der Waals surface area (Å²) in [4.78, 5) is 4.77. The van der Waals surface area contributed by atoms with Gasteiger partial charge in [-0.2, -0.15) is 0 Å². The number of rotatable bonds is 6. The summed E-state index contributed by atoms with van der Waals surface area (Å²) in [5.74, 6) is 0.739. The Morgan fingerprint density at radius 1 is 1.14 bits per heavy atom. The summed E-state index contributed by atoms with van der Waals surface area (Å²) in [7, 11) is 0. The molecule has 2 rings (SSSR count). The lowest BCUT2D eigenvalue weighted by atomic mass is 10.2. The van der Waals surface area contributed by atoms with Crippen LogP contribution in [0.3, 0.4) is 0 Å². The monoisotopic (exact) mass is 312 g/mol. The number of benzene rings is 1. The Morgan fingerprint density at radius 3 is 2.33 bits per heavy atom. The van der Waals surface area contributed by atoms with Crippen molar-refractivity contribution in [2.24, 2.45) is 0 Å². The molecule has 5 heteroatoms. The third-order valence-electron chi connectivity index (χ3n) is 3.86. The molecule has 1 atom stereocenters. The Morgan fingerprint density at radius 2 is 1.76 bits per heavy atom. The van der Waals surface area contributed by atoms with E-state index >= 15 is 0 Å². The van der Waals surface area contributed by atoms with Crippen LogP contribution in [-0.2, 0) is 0 Å². The van der Waals surface area contributed by atoms with Crippen LogP contribution in [0.25, 0.3) is 0 Å². The van der Waals surface area contributed by atoms with Gasteiger partial charge in [-0.05, 0) is 38.1 Å². The van der Waals surface area contributed by atoms with Crippen LogP contribution >= 0.6 is 11.6 Å². The first-order chi connectivity index (χ1) is 10.0. The maximum atomic E-state index is 10.1. The molecule has 21 heavy (non-hydrogen) atoms. The van der Waals surface area contributed by atoms with Crippen LogP contribution in [-0.4, -0.2) is 66.4 Å². The lowest BCUT2D eigenvalue weighted by Crippen LogP contribution is -2.51. The maximum absolute atomic E-state index is 10.1. The van der Waals surface area contributed by atoms with Crippen LogP contribution in [0.2, 0.25) is 5.02 Å². The van der Waals surface area contributed by atoms with Gasteiger partial charge in [0.05, 0.1) is 0 Å². The predicted octanol–water partition coefficient (Wildman–Crippen LogP) is 2.11. The molecule has 1 aromatic rings. The normalized spacial score (nSPS) is 18.9. The molecule has 1 aliphatic heterocycles. The molecule has 0 aromatic heterocycles. The largest absolute Gasteiger partial charge is 0.491 e. The van der Waals surface area contributed by atoms with Crippen LogP contribution < -0.4 is 4.74 Å². The molecule has 0 saturated carbocycles. The number of ether oxygens (including phenoxy) is 1. The second-order valence-electron chi connectivity index (χ2n) is 5.85. The van der Waals surface area contributed by atoms with E-state index in [1.165, 1.54) is 0 Å². The van der Waals surface area contributed by atoms with Gasteiger partial charge in [0, 0.05) is 43.8 Å². The van der Waals surface area contributed by atoms with E-state index in [2.05, 4.69) is 23.6 Å². The summed E-state index contributed by atoms with van der Waals surface area (Å²) in [5.41, 5.74) is 0. The van der Waals surface area contributed by atoms with Gasteiger partial charge in [0.1, 0.15) is 18.5 Å². The number of aliphatic hydroxyl groups is 1. The van der Waals surface area contributed by atoms with Gasteiger partial charge in [-0.1, -0.05) is 11.6 Å². The van der Waals surface area contributed by atoms with Crippen molar-refractivity contribution in [1.29, 1.82) is 0 Å². The molecule has 0 radical (unpaired) electrons. The first kappa shape index (κ1) is 16.6. The molecule has 0 amide bonds. The number of halogens is 1. The van der Waals surface area contributed by atoms with Crippen LogP contribution in [0.1, 0.15) is 13.8 Å². The third kappa shape index (κ3) is 5.47. The van der Waals surface area contributed by atoms with E-state index < -0.39 is 6.10 Å². The summed E-state index contributed by atoms with van der Waals surface area (Å²) in [6.07, 6.45) is -0.466. The number of hydrogen-bond acceptors (Lipinski definition) is 4. The van der Waals surface area contributed by atoms with Crippen LogP contribution in [0.15, 0.2) is 24.3 Å². The van der Waals surface area contributed by atoms with Crippen LogP contribution in [0.4, 0.5) is 0 Å². The van der Waals surface area contributed by atoms with E-state index in [1.54, 1.807) is 12.1 Å². The zero-order chi connectivity index (χ0) is 15.2. The number of nitrogens with zero attached hydrogens (tertiary/aromatic N) is 2. The lowest BCUT2D eigenvalue weighted by molar-refractivity contribution is 0.0400. The standard InChI is InChI=1S/C16H25ClN2O2/c1-13(2)19-9-7-18(8-10-19)11-15(20)12-21-16-5-3-14(17)4-6-16/h3-6,13,15,20H,7-12H2,1-2H3. The molecule has 1 fully saturated rings. The fourth-order valence-corrected chi connectivity index (χ4v) is 2.66. The van der Waals surface area contributed by atoms with Gasteiger partial charge in [0.25, 0.3) is 0 Å². The van der Waals surface area contributed by atoms with Gasteiger partial charge in [-0.15, -0.1) is 0 Å². The third-order valence-corrected chi connectivity index (χ3v) is 4.11. The van der Waals surface area contributed by atoms with E-state index in [9.17, 15) is 5.11 Å². The summed E-state index contributed by atoms with van der Waals surface area (Å²) < 4.78 is 5.58. The molecule has 1 aromatic carbocycles. The second-order valence-corrected chi connectivity index (χ2v) is 6.29. The second kappa shape index (κ2) is 7.99. The van der Waals surface area contributed by atoms with Gasteiger partial charge in [0.15, 0.2) is 0 Å². The maximum Gasteiger partial charge on any atom is 0.119 e. The van der Waals surface area contributed by atoms with Crippen molar-refractivity contribution in [3.8, 4) is 5.75 Å². The molecule has 1 heterocycles. The van der Waals surface area contributed by atoms with Crippen molar-refractivity contribution in [2.75, 3.05) is 39.3 Å². The van der Waals surface area contributed by atoms with E-state index in [-0.39, 0.29) is 0 Å². The van der Waals surface area contributed by atoms with Gasteiger partial charge >= 0.3 is 0 Å². The Balaban J connectivity index is 1.68. The van der Waals surface area contributed by atoms with Crippen LogP contribution in [0.5, 0.6) is 5.75 Å². The molecule has 1 aliphatic rings. The van der Waals surface area contributed by atoms with E-state index in [1.807, 2.05) is 12.1 Å². The molecular weight excluding hydrogens is 288 g/mol. The van der Waals surface area contributed by atoms with Gasteiger partial charge in [-0.25, -0.2) is 0 Å².